The van der Waals surface area contributed by atoms with E-state index in [0.29, 0.717) is 18.1 Å². The average molecular weight is 205 g/mol. The molecule has 14 heavy (non-hydrogen) atoms. The molecular weight excluding hydrogens is 190 g/mol. The molecule has 0 N–H and O–H groups in total. The van der Waals surface area contributed by atoms with Crippen molar-refractivity contribution < 1.29 is 19.3 Å². The molecule has 0 fully saturated rings. The second kappa shape index (κ2) is 6.93. The molecule has 0 aliphatic rings. The lowest BCUT2D eigenvalue weighted by atomic mass is 10.6. The molecule has 7 heteroatoms. The number of ether oxygens (including phenoxy) is 1. The van der Waals surface area contributed by atoms with Crippen molar-refractivity contribution in [2.45, 2.75) is 20.8 Å². The Hall–Kier alpha value is -1.53. The van der Waals surface area contributed by atoms with Gasteiger partial charge >= 0.3 is 5.97 Å². The lowest BCUT2D eigenvalue weighted by Crippen LogP contribution is -2.30. The van der Waals surface area contributed by atoms with Crippen molar-refractivity contribution in [2.24, 2.45) is 5.28 Å². The van der Waals surface area contributed by atoms with E-state index in [2.05, 4.69) is 14.9 Å². The summed E-state index contributed by atoms with van der Waals surface area (Å²) in [5.41, 5.74) is 0. The number of rotatable bonds is 6. The minimum absolute atomic E-state index is 0.323. The number of hydrazine groups is 1. The normalized spacial score (nSPS) is 10.9. The second-order valence-electron chi connectivity index (χ2n) is 2.36. The van der Waals surface area contributed by atoms with Crippen LogP contribution in [-0.4, -0.2) is 35.8 Å². The summed E-state index contributed by atoms with van der Waals surface area (Å²) in [7, 11) is 0. The lowest BCUT2D eigenvalue weighted by molar-refractivity contribution is -0.710. The van der Waals surface area contributed by atoms with Crippen LogP contribution in [0.15, 0.2) is 5.28 Å². The summed E-state index contributed by atoms with van der Waals surface area (Å²) in [6.07, 6.45) is 0. The van der Waals surface area contributed by atoms with Crippen LogP contribution in [0, 0.1) is 5.21 Å². The lowest BCUT2D eigenvalue weighted by Gasteiger charge is -2.12. The van der Waals surface area contributed by atoms with Gasteiger partial charge in [0.25, 0.3) is 6.79 Å². The maximum atomic E-state index is 11.1. The molecule has 0 bridgehead atoms. The first kappa shape index (κ1) is 12.5. The van der Waals surface area contributed by atoms with Crippen LogP contribution in [-0.2, 0) is 14.4 Å². The number of carbonyl (C=O) groups excluding carboxylic acids is 1. The summed E-state index contributed by atoms with van der Waals surface area (Å²) in [4.78, 5) is 15.1. The van der Waals surface area contributed by atoms with Gasteiger partial charge in [-0.1, -0.05) is 0 Å². The predicted octanol–water partition coefficient (Wildman–Crippen LogP) is 0.658. The topological polar surface area (TPSA) is 77.2 Å². The quantitative estimate of drug-likeness (QED) is 0.159. The van der Waals surface area contributed by atoms with Crippen LogP contribution in [0.1, 0.15) is 20.8 Å². The number of esters is 1. The SMILES string of the molecule is CCN(CC)/[N+]([O-])=N\OCOC(C)=O. The molecule has 82 valence electrons. The molecule has 0 aliphatic heterocycles. The highest BCUT2D eigenvalue weighted by Crippen LogP contribution is 1.90. The zero-order valence-electron chi connectivity index (χ0n) is 8.60. The molecule has 0 aromatic heterocycles. The molecule has 0 aromatic rings. The highest BCUT2D eigenvalue weighted by molar-refractivity contribution is 5.65. The first-order chi connectivity index (χ1) is 6.61. The molecule has 0 rings (SSSR count). The molecule has 0 atom stereocenters. The van der Waals surface area contributed by atoms with E-state index in [0.717, 1.165) is 0 Å². The highest BCUT2D eigenvalue weighted by atomic mass is 16.8. The molecule has 0 heterocycles. The third-order valence-electron chi connectivity index (χ3n) is 1.41. The molecule has 0 radical (unpaired) electrons. The van der Waals surface area contributed by atoms with E-state index in [4.69, 9.17) is 0 Å². The Balaban J connectivity index is 3.80. The van der Waals surface area contributed by atoms with E-state index in [9.17, 15) is 10.0 Å². The molecule has 0 unspecified atom stereocenters. The highest BCUT2D eigenvalue weighted by Gasteiger charge is 2.06. The summed E-state index contributed by atoms with van der Waals surface area (Å²) in [5, 5.41) is 15.6. The molecule has 0 spiro atoms. The third kappa shape index (κ3) is 5.18. The van der Waals surface area contributed by atoms with Crippen LogP contribution in [0.4, 0.5) is 0 Å². The van der Waals surface area contributed by atoms with Gasteiger partial charge in [0.05, 0.1) is 18.1 Å². The van der Waals surface area contributed by atoms with Gasteiger partial charge in [0.2, 0.25) is 5.28 Å². The van der Waals surface area contributed by atoms with Gasteiger partial charge in [-0.2, -0.15) is 0 Å². The van der Waals surface area contributed by atoms with Crippen LogP contribution in [0.5, 0.6) is 0 Å². The van der Waals surface area contributed by atoms with Crippen molar-refractivity contribution in [1.82, 2.24) is 5.01 Å². The monoisotopic (exact) mass is 205 g/mol. The Bertz CT molecular complexity index is 203. The number of nitrogens with zero attached hydrogens (tertiary/aromatic N) is 3. The van der Waals surface area contributed by atoms with E-state index >= 15 is 0 Å². The number of carbonyl (C=O) groups is 1. The summed E-state index contributed by atoms with van der Waals surface area (Å²) >= 11 is 0. The van der Waals surface area contributed by atoms with Gasteiger partial charge in [0.1, 0.15) is 0 Å². The maximum Gasteiger partial charge on any atom is 0.305 e. The Morgan fingerprint density at radius 2 is 2.07 bits per heavy atom. The molecule has 0 amide bonds. The molecule has 0 aromatic carbocycles. The van der Waals surface area contributed by atoms with Gasteiger partial charge < -0.3 is 14.8 Å². The molecule has 0 saturated heterocycles. The molecular formula is C7H15N3O4. The van der Waals surface area contributed by atoms with Crippen molar-refractivity contribution in [3.8, 4) is 0 Å². The third-order valence-corrected chi connectivity index (χ3v) is 1.41. The molecule has 0 aliphatic carbocycles. The minimum Gasteiger partial charge on any atom is -0.569 e. The van der Waals surface area contributed by atoms with Gasteiger partial charge in [-0.05, 0) is 13.8 Å². The van der Waals surface area contributed by atoms with Gasteiger partial charge in [-0.3, -0.25) is 4.79 Å². The first-order valence-corrected chi connectivity index (χ1v) is 4.30. The summed E-state index contributed by atoms with van der Waals surface area (Å²) < 4.78 is 4.40. The van der Waals surface area contributed by atoms with Crippen LogP contribution in [0.2, 0.25) is 0 Å². The second-order valence-corrected chi connectivity index (χ2v) is 2.36. The van der Waals surface area contributed by atoms with Crippen molar-refractivity contribution >= 4 is 5.97 Å². The summed E-state index contributed by atoms with van der Waals surface area (Å²) in [6.45, 7) is 5.57. The van der Waals surface area contributed by atoms with Crippen LogP contribution in [0.3, 0.4) is 0 Å². The Morgan fingerprint density at radius 1 is 1.50 bits per heavy atom. The average Bonchev–Trinajstić information content (AvgIpc) is 2.14. The summed E-state index contributed by atoms with van der Waals surface area (Å²) in [6, 6.07) is 0. The van der Waals surface area contributed by atoms with Crippen LogP contribution < -0.4 is 0 Å². The Morgan fingerprint density at radius 3 is 2.50 bits per heavy atom. The smallest absolute Gasteiger partial charge is 0.305 e. The zero-order valence-corrected chi connectivity index (χ0v) is 8.60. The fourth-order valence-corrected chi connectivity index (χ4v) is 0.700. The van der Waals surface area contributed by atoms with E-state index in [1.807, 2.05) is 13.8 Å². The zero-order chi connectivity index (χ0) is 11.0. The Kier molecular flexibility index (Phi) is 6.17. The number of hydrogen-bond acceptors (Lipinski definition) is 5. The maximum absolute atomic E-state index is 11.1. The van der Waals surface area contributed by atoms with Crippen LogP contribution in [0.25, 0.3) is 0 Å². The number of hydrogen-bond donors (Lipinski definition) is 0. The fraction of sp³-hybridized carbons (Fsp3) is 0.857. The van der Waals surface area contributed by atoms with Crippen molar-refractivity contribution in [3.63, 3.8) is 0 Å². The van der Waals surface area contributed by atoms with E-state index in [1.54, 1.807) is 0 Å². The van der Waals surface area contributed by atoms with Gasteiger partial charge in [-0.15, -0.1) is 5.01 Å². The van der Waals surface area contributed by atoms with Gasteiger partial charge in [0.15, 0.2) is 0 Å². The minimum atomic E-state index is -0.486. The van der Waals surface area contributed by atoms with Crippen molar-refractivity contribution in [3.05, 3.63) is 5.21 Å². The van der Waals surface area contributed by atoms with E-state index in [-0.39, 0.29) is 6.79 Å². The molecule has 7 nitrogen and oxygen atoms in total. The van der Waals surface area contributed by atoms with Crippen molar-refractivity contribution in [2.75, 3.05) is 19.9 Å². The van der Waals surface area contributed by atoms with E-state index < -0.39 is 5.97 Å². The first-order valence-electron chi connectivity index (χ1n) is 4.30. The van der Waals surface area contributed by atoms with Gasteiger partial charge in [-0.25, -0.2) is 0 Å². The Labute approximate surface area is 82.4 Å². The van der Waals surface area contributed by atoms with Crippen molar-refractivity contribution in [1.29, 1.82) is 0 Å². The van der Waals surface area contributed by atoms with E-state index in [1.165, 1.54) is 11.9 Å². The van der Waals surface area contributed by atoms with Crippen LogP contribution >= 0.6 is 0 Å². The van der Waals surface area contributed by atoms with Gasteiger partial charge in [0, 0.05) is 6.92 Å². The summed E-state index contributed by atoms with van der Waals surface area (Å²) in [5.74, 6) is -0.486. The fourth-order valence-electron chi connectivity index (χ4n) is 0.700. The molecule has 0 saturated carbocycles. The predicted molar refractivity (Wildman–Crippen MR) is 46.7 cm³/mol. The largest absolute Gasteiger partial charge is 0.569 e. The standard InChI is InChI=1S/C7H15N3O4/c1-4-9(5-2)10(12)8-14-6-13-7(3)11/h4-6H2,1-3H3/b10-8+.